The molecule has 3 rings (SSSR count). The van der Waals surface area contributed by atoms with Crippen LogP contribution >= 0.6 is 0 Å². The maximum Gasteiger partial charge on any atom is 0.253 e. The minimum absolute atomic E-state index is 0.182. The molecule has 0 aromatic carbocycles. The van der Waals surface area contributed by atoms with Crippen molar-refractivity contribution in [3.05, 3.63) is 47.1 Å². The van der Waals surface area contributed by atoms with E-state index in [0.717, 1.165) is 0 Å². The van der Waals surface area contributed by atoms with Crippen LogP contribution in [0.5, 0.6) is 0 Å². The summed E-state index contributed by atoms with van der Waals surface area (Å²) in [7, 11) is 0. The van der Waals surface area contributed by atoms with Gasteiger partial charge >= 0.3 is 0 Å². The van der Waals surface area contributed by atoms with E-state index in [0.29, 0.717) is 12.8 Å². The van der Waals surface area contributed by atoms with Crippen LogP contribution in [0.1, 0.15) is 25.7 Å². The fourth-order valence-electron chi connectivity index (χ4n) is 3.07. The summed E-state index contributed by atoms with van der Waals surface area (Å²) in [6, 6.07) is -1.95. The minimum Gasteiger partial charge on any atom is -0.375 e. The Kier molecular flexibility index (Phi) is 5.57. The standard InChI is InChI=1S/C16H12F8N4/c17-7-11(8(18)14(22)27-13(7)21)25-5-3-1-2-4-6(5)26-12-9(19)15(23)28-16(24)10(12)20/h5-6H,1-4H2,(H,25,27)(H,26,28)/t5-,6-/m1/s1. The predicted molar refractivity (Wildman–Crippen MR) is 81.4 cm³/mol. The number of halogens is 8. The summed E-state index contributed by atoms with van der Waals surface area (Å²) >= 11 is 0. The summed E-state index contributed by atoms with van der Waals surface area (Å²) in [5, 5.41) is 4.51. The average Bonchev–Trinajstić information content (AvgIpc) is 2.66. The van der Waals surface area contributed by atoms with Crippen LogP contribution in [0, 0.1) is 47.1 Å². The molecule has 2 aromatic rings. The Bertz CT molecular complexity index is 781. The lowest BCUT2D eigenvalue weighted by Gasteiger charge is -2.34. The van der Waals surface area contributed by atoms with Gasteiger partial charge in [-0.15, -0.1) is 0 Å². The van der Waals surface area contributed by atoms with Crippen LogP contribution in [-0.2, 0) is 0 Å². The number of hydrogen-bond acceptors (Lipinski definition) is 4. The molecule has 1 aliphatic rings. The van der Waals surface area contributed by atoms with E-state index in [1.807, 2.05) is 0 Å². The molecular formula is C16H12F8N4. The molecule has 0 radical (unpaired) electrons. The first-order valence-electron chi connectivity index (χ1n) is 8.13. The van der Waals surface area contributed by atoms with Crippen LogP contribution in [0.25, 0.3) is 0 Å². The van der Waals surface area contributed by atoms with E-state index in [4.69, 9.17) is 0 Å². The van der Waals surface area contributed by atoms with Crippen LogP contribution in [0.2, 0.25) is 0 Å². The van der Waals surface area contributed by atoms with Crippen molar-refractivity contribution in [2.24, 2.45) is 0 Å². The van der Waals surface area contributed by atoms with Gasteiger partial charge in [-0.25, -0.2) is 0 Å². The minimum atomic E-state index is -1.88. The van der Waals surface area contributed by atoms with Gasteiger partial charge in [-0.3, -0.25) is 0 Å². The third kappa shape index (κ3) is 3.67. The Morgan fingerprint density at radius 2 is 0.821 bits per heavy atom. The van der Waals surface area contributed by atoms with Crippen LogP contribution in [0.4, 0.5) is 46.5 Å². The van der Waals surface area contributed by atoms with Crippen molar-refractivity contribution in [3.63, 3.8) is 0 Å². The van der Waals surface area contributed by atoms with E-state index in [2.05, 4.69) is 20.6 Å². The second-order valence-electron chi connectivity index (χ2n) is 6.18. The van der Waals surface area contributed by atoms with Crippen molar-refractivity contribution >= 4 is 11.4 Å². The van der Waals surface area contributed by atoms with E-state index >= 15 is 0 Å². The lowest BCUT2D eigenvalue weighted by atomic mass is 9.89. The Balaban J connectivity index is 1.91. The fraction of sp³-hybridized carbons (Fsp3) is 0.375. The molecule has 2 heterocycles. The highest BCUT2D eigenvalue weighted by Gasteiger charge is 2.31. The van der Waals surface area contributed by atoms with E-state index in [1.165, 1.54) is 0 Å². The molecular weight excluding hydrogens is 400 g/mol. The number of rotatable bonds is 4. The van der Waals surface area contributed by atoms with Crippen molar-refractivity contribution in [2.45, 2.75) is 37.8 Å². The van der Waals surface area contributed by atoms with Crippen molar-refractivity contribution in [1.82, 2.24) is 9.97 Å². The monoisotopic (exact) mass is 412 g/mol. The van der Waals surface area contributed by atoms with Gasteiger partial charge in [-0.05, 0) is 12.8 Å². The maximum atomic E-state index is 13.8. The number of aromatic nitrogens is 2. The topological polar surface area (TPSA) is 49.8 Å². The lowest BCUT2D eigenvalue weighted by molar-refractivity contribution is 0.388. The smallest absolute Gasteiger partial charge is 0.253 e. The van der Waals surface area contributed by atoms with Gasteiger partial charge in [0.1, 0.15) is 11.4 Å². The zero-order valence-electron chi connectivity index (χ0n) is 13.9. The van der Waals surface area contributed by atoms with Gasteiger partial charge < -0.3 is 10.6 Å². The molecule has 0 spiro atoms. The normalized spacial score (nSPS) is 19.6. The third-order valence-corrected chi connectivity index (χ3v) is 4.42. The van der Waals surface area contributed by atoms with Gasteiger partial charge in [0, 0.05) is 12.1 Å². The molecule has 12 heteroatoms. The first-order valence-corrected chi connectivity index (χ1v) is 8.13. The van der Waals surface area contributed by atoms with Crippen LogP contribution in [-0.4, -0.2) is 22.1 Å². The molecule has 0 aliphatic heterocycles. The second-order valence-corrected chi connectivity index (χ2v) is 6.18. The molecule has 1 saturated carbocycles. The highest BCUT2D eigenvalue weighted by atomic mass is 19.2. The molecule has 0 bridgehead atoms. The van der Waals surface area contributed by atoms with Crippen molar-refractivity contribution < 1.29 is 35.1 Å². The van der Waals surface area contributed by atoms with Crippen molar-refractivity contribution in [2.75, 3.05) is 10.6 Å². The van der Waals surface area contributed by atoms with Crippen molar-refractivity contribution in [1.29, 1.82) is 0 Å². The molecule has 0 saturated heterocycles. The first kappa shape index (κ1) is 20.1. The second kappa shape index (κ2) is 7.76. The molecule has 2 N–H and O–H groups in total. The van der Waals surface area contributed by atoms with Crippen LogP contribution < -0.4 is 10.6 Å². The largest absolute Gasteiger partial charge is 0.375 e. The number of hydrogen-bond donors (Lipinski definition) is 2. The molecule has 4 nitrogen and oxygen atoms in total. The summed E-state index contributed by atoms with van der Waals surface area (Å²) < 4.78 is 108. The zero-order chi connectivity index (χ0) is 20.6. The Morgan fingerprint density at radius 1 is 0.536 bits per heavy atom. The molecule has 28 heavy (non-hydrogen) atoms. The summed E-state index contributed by atoms with van der Waals surface area (Å²) in [5.74, 6) is -14.6. The molecule has 0 unspecified atom stereocenters. The quantitative estimate of drug-likeness (QED) is 0.577. The summed E-state index contributed by atoms with van der Waals surface area (Å²) in [6.45, 7) is 0. The van der Waals surface area contributed by atoms with Crippen molar-refractivity contribution in [3.8, 4) is 0 Å². The van der Waals surface area contributed by atoms with Gasteiger partial charge in [0.2, 0.25) is 23.3 Å². The van der Waals surface area contributed by atoms with Gasteiger partial charge in [0.15, 0.2) is 0 Å². The molecule has 152 valence electrons. The van der Waals surface area contributed by atoms with E-state index in [-0.39, 0.29) is 12.8 Å². The molecule has 2 aromatic heterocycles. The van der Waals surface area contributed by atoms with Gasteiger partial charge in [-0.1, -0.05) is 12.8 Å². The average molecular weight is 412 g/mol. The first-order chi connectivity index (χ1) is 13.2. The summed E-state index contributed by atoms with van der Waals surface area (Å²) in [5.41, 5.74) is -2.28. The third-order valence-electron chi connectivity index (χ3n) is 4.42. The summed E-state index contributed by atoms with van der Waals surface area (Å²) in [4.78, 5) is 4.85. The SMILES string of the molecule is Fc1nc(F)c(F)c(N[C@@H]2CCCC[C@H]2Nc2c(F)c(F)nc(F)c2F)c1F. The Morgan fingerprint density at radius 3 is 1.11 bits per heavy atom. The Hall–Kier alpha value is -2.66. The predicted octanol–water partition coefficient (Wildman–Crippen LogP) is 4.42. The van der Waals surface area contributed by atoms with E-state index in [9.17, 15) is 35.1 Å². The molecule has 0 amide bonds. The molecule has 1 aliphatic carbocycles. The Labute approximate surface area is 153 Å². The highest BCUT2D eigenvalue weighted by Crippen LogP contribution is 2.31. The fourth-order valence-corrected chi connectivity index (χ4v) is 3.07. The number of nitrogens with one attached hydrogen (secondary N) is 2. The highest BCUT2D eigenvalue weighted by molar-refractivity contribution is 5.50. The van der Waals surface area contributed by atoms with E-state index in [1.54, 1.807) is 0 Å². The van der Waals surface area contributed by atoms with Gasteiger partial charge in [0.25, 0.3) is 23.8 Å². The molecule has 2 atom stereocenters. The van der Waals surface area contributed by atoms with E-state index < -0.39 is 70.5 Å². The number of nitrogens with zero attached hydrogens (tertiary/aromatic N) is 2. The summed E-state index contributed by atoms with van der Waals surface area (Å²) in [6.07, 6.45) is 1.39. The van der Waals surface area contributed by atoms with Gasteiger partial charge in [0.05, 0.1) is 0 Å². The maximum absolute atomic E-state index is 13.8. The number of pyridine rings is 2. The van der Waals surface area contributed by atoms with Gasteiger partial charge in [-0.2, -0.15) is 45.1 Å². The number of anilines is 2. The lowest BCUT2D eigenvalue weighted by Crippen LogP contribution is -2.42. The van der Waals surface area contributed by atoms with Crippen LogP contribution in [0.15, 0.2) is 0 Å². The van der Waals surface area contributed by atoms with Crippen LogP contribution in [0.3, 0.4) is 0 Å². The molecule has 1 fully saturated rings. The zero-order valence-corrected chi connectivity index (χ0v) is 13.9.